The molecular weight excluding hydrogens is 833 g/mol. The molecule has 0 heterocycles. The zero-order valence-electron chi connectivity index (χ0n) is 24.8. The molecule has 0 aliphatic rings. The largest absolute Gasteiger partial charge is 0.396 e. The lowest BCUT2D eigenvalue weighted by Crippen LogP contribution is -2.04. The molecule has 2 unspecified atom stereocenters. The van der Waals surface area contributed by atoms with Crippen molar-refractivity contribution in [2.75, 3.05) is 124 Å². The van der Waals surface area contributed by atoms with Gasteiger partial charge in [0.05, 0.1) is 34.9 Å². The lowest BCUT2D eigenvalue weighted by Gasteiger charge is -2.05. The fourth-order valence-corrected chi connectivity index (χ4v) is 18.8. The molecule has 0 saturated carbocycles. The SMILES string of the molecule is O=C(CSCCSCCS(=O)CSCSCCO)SCSCCSCS(=O)CCSCCSCC(=O)SCSCSCCO. The molecule has 0 fully saturated rings. The first-order chi connectivity index (χ1) is 21.5. The van der Waals surface area contributed by atoms with Crippen LogP contribution in [0.4, 0.5) is 0 Å². The lowest BCUT2D eigenvalue weighted by molar-refractivity contribution is -0.109. The van der Waals surface area contributed by atoms with Crippen LogP contribution in [0.25, 0.3) is 0 Å². The number of thioether (sulfide) groups is 12. The van der Waals surface area contributed by atoms with Crippen molar-refractivity contribution >= 4 is 173 Å². The van der Waals surface area contributed by atoms with Crippen molar-refractivity contribution in [3.8, 4) is 0 Å². The molecule has 2 N–H and O–H groups in total. The molecule has 0 amide bonds. The Balaban J connectivity index is 3.38. The molecule has 2 atom stereocenters. The highest BCUT2D eigenvalue weighted by molar-refractivity contribution is 8.28. The van der Waals surface area contributed by atoms with Gasteiger partial charge in [-0.15, -0.1) is 70.6 Å². The van der Waals surface area contributed by atoms with Gasteiger partial charge in [0.15, 0.2) is 10.2 Å². The predicted molar refractivity (Wildman–Crippen MR) is 229 cm³/mol. The van der Waals surface area contributed by atoms with Gasteiger partial charge in [-0.3, -0.25) is 18.0 Å². The third-order valence-corrected chi connectivity index (χ3v) is 22.4. The van der Waals surface area contributed by atoms with Crippen LogP contribution in [0.15, 0.2) is 0 Å². The van der Waals surface area contributed by atoms with Gasteiger partial charge in [0, 0.05) is 111 Å². The molecule has 0 aliphatic heterocycles. The molecule has 6 nitrogen and oxygen atoms in total. The van der Waals surface area contributed by atoms with Crippen molar-refractivity contribution in [1.82, 2.24) is 0 Å². The minimum atomic E-state index is -0.806. The zero-order chi connectivity index (χ0) is 32.4. The Hall–Kier alpha value is 3.76. The topological polar surface area (TPSA) is 109 Å². The third kappa shape index (κ3) is 38.6. The van der Waals surface area contributed by atoms with Crippen molar-refractivity contribution in [1.29, 1.82) is 0 Å². The average Bonchev–Trinajstić information content (AvgIpc) is 3.01. The fourth-order valence-electron chi connectivity index (χ4n) is 2.32. The molecule has 44 heavy (non-hydrogen) atoms. The van der Waals surface area contributed by atoms with E-state index in [0.717, 1.165) is 77.9 Å². The summed E-state index contributed by atoms with van der Waals surface area (Å²) < 4.78 is 24.1. The van der Waals surface area contributed by atoms with Crippen molar-refractivity contribution in [3.63, 3.8) is 0 Å². The summed E-state index contributed by atoms with van der Waals surface area (Å²) >= 11 is 19.9. The fraction of sp³-hybridized carbons (Fsp3) is 0.917. The number of hydrogen-bond donors (Lipinski definition) is 2. The normalized spacial score (nSPS) is 12.9. The molecule has 0 aromatic heterocycles. The van der Waals surface area contributed by atoms with Crippen LogP contribution in [-0.4, -0.2) is 153 Å². The van der Waals surface area contributed by atoms with E-state index in [9.17, 15) is 18.0 Å². The van der Waals surface area contributed by atoms with E-state index in [1.165, 1.54) is 23.5 Å². The van der Waals surface area contributed by atoms with Crippen LogP contribution in [0.2, 0.25) is 0 Å². The molecule has 0 aromatic carbocycles. The van der Waals surface area contributed by atoms with Crippen molar-refractivity contribution < 1.29 is 28.2 Å². The Morgan fingerprint density at radius 3 is 1.39 bits per heavy atom. The summed E-state index contributed by atoms with van der Waals surface area (Å²) in [6.45, 7) is 0.398. The Bertz CT molecular complexity index is 725. The van der Waals surface area contributed by atoms with Crippen LogP contribution in [0.1, 0.15) is 0 Å². The molecular formula is C24H46O6S14. The van der Waals surface area contributed by atoms with Crippen LogP contribution in [0.3, 0.4) is 0 Å². The maximum atomic E-state index is 12.2. The van der Waals surface area contributed by atoms with Crippen LogP contribution < -0.4 is 0 Å². The summed E-state index contributed by atoms with van der Waals surface area (Å²) in [4.78, 5) is 23.9. The number of carbonyl (C=O) groups is 2. The van der Waals surface area contributed by atoms with Crippen molar-refractivity contribution in [3.05, 3.63) is 0 Å². The van der Waals surface area contributed by atoms with Gasteiger partial charge in [-0.25, -0.2) is 0 Å². The van der Waals surface area contributed by atoms with Crippen molar-refractivity contribution in [2.24, 2.45) is 0 Å². The first-order valence-corrected chi connectivity index (χ1v) is 30.0. The first kappa shape index (κ1) is 47.8. The summed E-state index contributed by atoms with van der Waals surface area (Å²) in [5.74, 6) is 11.5. The lowest BCUT2D eigenvalue weighted by atomic mass is 10.9. The van der Waals surface area contributed by atoms with E-state index in [1.54, 1.807) is 118 Å². The first-order valence-electron chi connectivity index (χ1n) is 13.5. The number of hydrogen-bond acceptors (Lipinski definition) is 18. The second-order valence-corrected chi connectivity index (χ2v) is 26.3. The smallest absolute Gasteiger partial charge is 0.199 e. The summed E-state index contributed by atoms with van der Waals surface area (Å²) in [5, 5.41) is 22.6. The van der Waals surface area contributed by atoms with Gasteiger partial charge >= 0.3 is 0 Å². The van der Waals surface area contributed by atoms with Crippen LogP contribution in [0.5, 0.6) is 0 Å². The van der Waals surface area contributed by atoms with E-state index < -0.39 is 21.6 Å². The van der Waals surface area contributed by atoms with Crippen LogP contribution in [-0.2, 0) is 31.2 Å². The summed E-state index contributed by atoms with van der Waals surface area (Å²) in [7, 11) is -1.59. The third-order valence-electron chi connectivity index (χ3n) is 4.31. The van der Waals surface area contributed by atoms with E-state index in [4.69, 9.17) is 10.2 Å². The Morgan fingerprint density at radius 2 is 0.841 bits per heavy atom. The molecule has 0 spiro atoms. The maximum absolute atomic E-state index is 12.2. The molecule has 20 heteroatoms. The van der Waals surface area contributed by atoms with E-state index in [1.807, 2.05) is 0 Å². The average molecular weight is 880 g/mol. The maximum Gasteiger partial charge on any atom is 0.199 e. The van der Waals surface area contributed by atoms with E-state index >= 15 is 0 Å². The number of carbonyl (C=O) groups excluding carboxylic acids is 2. The van der Waals surface area contributed by atoms with Gasteiger partial charge in [0.25, 0.3) is 0 Å². The molecule has 0 saturated heterocycles. The van der Waals surface area contributed by atoms with Gasteiger partial charge in [-0.05, 0) is 0 Å². The van der Waals surface area contributed by atoms with Gasteiger partial charge in [0.2, 0.25) is 0 Å². The van der Waals surface area contributed by atoms with Gasteiger partial charge in [-0.1, -0.05) is 23.5 Å². The Labute approximate surface area is 321 Å². The number of aliphatic hydroxyl groups is 2. The molecule has 0 radical (unpaired) electrons. The van der Waals surface area contributed by atoms with E-state index in [0.29, 0.717) is 33.2 Å². The highest BCUT2D eigenvalue weighted by Gasteiger charge is 2.06. The monoisotopic (exact) mass is 878 g/mol. The van der Waals surface area contributed by atoms with Crippen LogP contribution in [0, 0.1) is 0 Å². The quantitative estimate of drug-likeness (QED) is 0.0568. The molecule has 0 bridgehead atoms. The molecule has 262 valence electrons. The van der Waals surface area contributed by atoms with E-state index in [-0.39, 0.29) is 23.4 Å². The number of rotatable bonds is 35. The zero-order valence-corrected chi connectivity index (χ0v) is 36.2. The molecule has 0 rings (SSSR count). The Kier molecular flexibility index (Phi) is 42.9. The highest BCUT2D eigenvalue weighted by Crippen LogP contribution is 2.21. The summed E-state index contributed by atoms with van der Waals surface area (Å²) in [6.07, 6.45) is 0. The Morgan fingerprint density at radius 1 is 0.432 bits per heavy atom. The van der Waals surface area contributed by atoms with Gasteiger partial charge in [-0.2, -0.15) is 47.0 Å². The molecule has 0 aliphatic carbocycles. The summed E-state index contributed by atoms with van der Waals surface area (Å²) in [6, 6.07) is 0. The number of aliphatic hydroxyl groups excluding tert-OH is 2. The van der Waals surface area contributed by atoms with Crippen LogP contribution >= 0.6 is 141 Å². The van der Waals surface area contributed by atoms with Gasteiger partial charge in [0.1, 0.15) is 0 Å². The minimum absolute atomic E-state index is 0.194. The second kappa shape index (κ2) is 39.5. The van der Waals surface area contributed by atoms with Crippen molar-refractivity contribution in [2.45, 2.75) is 0 Å². The second-order valence-electron chi connectivity index (χ2n) is 7.85. The van der Waals surface area contributed by atoms with Gasteiger partial charge < -0.3 is 10.2 Å². The predicted octanol–water partition coefficient (Wildman–Crippen LogP) is 6.07. The highest BCUT2D eigenvalue weighted by atomic mass is 32.3. The van der Waals surface area contributed by atoms with E-state index in [2.05, 4.69) is 0 Å². The standard InChI is InChI=1S/C24H46O6S14/c25-1-3-35-17-39-20-42-24(28)16-34-8-5-31-11-13-43(29)21-38-10-9-37-19-41-23(27)15-33-7-6-32-12-14-44(30)22-40-18-36-4-2-26/h25-26H,1-22H2. The molecule has 0 aromatic rings. The minimum Gasteiger partial charge on any atom is -0.396 e. The summed E-state index contributed by atoms with van der Waals surface area (Å²) in [5.41, 5.74) is 0.